The molecule has 104 valence electrons. The van der Waals surface area contributed by atoms with Crippen LogP contribution >= 0.6 is 0 Å². The van der Waals surface area contributed by atoms with Crippen LogP contribution in [-0.4, -0.2) is 25.6 Å². The van der Waals surface area contributed by atoms with Gasteiger partial charge in [-0.3, -0.25) is 4.99 Å². The van der Waals surface area contributed by atoms with Gasteiger partial charge in [-0.15, -0.1) is 0 Å². The second-order valence-electron chi connectivity index (χ2n) is 4.94. The fourth-order valence-electron chi connectivity index (χ4n) is 1.88. The van der Waals surface area contributed by atoms with Crippen LogP contribution in [-0.2, 0) is 0 Å². The predicted molar refractivity (Wildman–Crippen MR) is 72.3 cm³/mol. The number of rotatable bonds is 4. The maximum Gasteiger partial charge on any atom is 0.191 e. The van der Waals surface area contributed by atoms with Gasteiger partial charge < -0.3 is 10.6 Å². The topological polar surface area (TPSA) is 36.4 Å². The molecule has 0 aromatic heterocycles. The summed E-state index contributed by atoms with van der Waals surface area (Å²) < 4.78 is 26.5. The normalized spacial score (nSPS) is 17.2. The van der Waals surface area contributed by atoms with E-state index in [9.17, 15) is 8.78 Å². The molecule has 0 spiro atoms. The fraction of sp³-hybridized carbons (Fsp3) is 0.500. The van der Waals surface area contributed by atoms with Crippen molar-refractivity contribution in [1.82, 2.24) is 10.6 Å². The van der Waals surface area contributed by atoms with Crippen LogP contribution in [0.15, 0.2) is 23.2 Å². The van der Waals surface area contributed by atoms with Gasteiger partial charge in [0.25, 0.3) is 0 Å². The van der Waals surface area contributed by atoms with Crippen LogP contribution < -0.4 is 10.6 Å². The van der Waals surface area contributed by atoms with E-state index in [1.165, 1.54) is 25.0 Å². The molecule has 1 saturated carbocycles. The van der Waals surface area contributed by atoms with Crippen LogP contribution in [0.4, 0.5) is 8.78 Å². The van der Waals surface area contributed by atoms with Crippen LogP contribution in [0.3, 0.4) is 0 Å². The van der Waals surface area contributed by atoms with Crippen LogP contribution in [0.5, 0.6) is 0 Å². The molecule has 0 radical (unpaired) electrons. The summed E-state index contributed by atoms with van der Waals surface area (Å²) in [5.41, 5.74) is 0.510. The molecule has 0 amide bonds. The van der Waals surface area contributed by atoms with Crippen molar-refractivity contribution in [3.8, 4) is 0 Å². The molecule has 1 aliphatic carbocycles. The van der Waals surface area contributed by atoms with E-state index < -0.39 is 11.6 Å². The van der Waals surface area contributed by atoms with Gasteiger partial charge in [-0.1, -0.05) is 13.0 Å². The van der Waals surface area contributed by atoms with Crippen molar-refractivity contribution in [2.24, 2.45) is 4.99 Å². The lowest BCUT2D eigenvalue weighted by Gasteiger charge is -2.16. The van der Waals surface area contributed by atoms with E-state index in [0.29, 0.717) is 18.2 Å². The lowest BCUT2D eigenvalue weighted by molar-refractivity contribution is 0.556. The molecule has 0 aliphatic heterocycles. The number of nitrogens with zero attached hydrogens (tertiary/aromatic N) is 1. The van der Waals surface area contributed by atoms with Crippen LogP contribution in [0.25, 0.3) is 0 Å². The standard InChI is InChI=1S/C14H19F2N3/c1-9(12-6-3-10(15)7-13(12)16)8-18-14(17-2)19-11-4-5-11/h3,6-7,9,11H,4-5,8H2,1-2H3,(H2,17,18,19). The third-order valence-corrected chi connectivity index (χ3v) is 3.21. The minimum absolute atomic E-state index is 0.0571. The van der Waals surface area contributed by atoms with E-state index in [2.05, 4.69) is 15.6 Å². The van der Waals surface area contributed by atoms with Crippen molar-refractivity contribution in [3.05, 3.63) is 35.4 Å². The molecule has 1 aromatic carbocycles. The lowest BCUT2D eigenvalue weighted by atomic mass is 10.0. The van der Waals surface area contributed by atoms with Gasteiger partial charge in [0, 0.05) is 31.6 Å². The smallest absolute Gasteiger partial charge is 0.191 e. The minimum Gasteiger partial charge on any atom is -0.356 e. The Morgan fingerprint density at radius 3 is 2.74 bits per heavy atom. The Bertz CT molecular complexity index is 470. The molecule has 2 rings (SSSR count). The number of hydrogen-bond acceptors (Lipinski definition) is 1. The molecule has 0 saturated heterocycles. The second kappa shape index (κ2) is 5.99. The summed E-state index contributed by atoms with van der Waals surface area (Å²) in [7, 11) is 1.71. The van der Waals surface area contributed by atoms with Crippen LogP contribution in [0, 0.1) is 11.6 Å². The SMILES string of the molecule is CN=C(NCC(C)c1ccc(F)cc1F)NC1CC1. The van der Waals surface area contributed by atoms with Crippen molar-refractivity contribution in [1.29, 1.82) is 0 Å². The van der Waals surface area contributed by atoms with Gasteiger partial charge in [0.2, 0.25) is 0 Å². The van der Waals surface area contributed by atoms with Gasteiger partial charge in [-0.2, -0.15) is 0 Å². The second-order valence-corrected chi connectivity index (χ2v) is 4.94. The first kappa shape index (κ1) is 13.8. The molecule has 5 heteroatoms. The zero-order valence-electron chi connectivity index (χ0n) is 11.2. The Labute approximate surface area is 112 Å². The van der Waals surface area contributed by atoms with Gasteiger partial charge in [0.05, 0.1) is 0 Å². The Balaban J connectivity index is 1.90. The van der Waals surface area contributed by atoms with Crippen LogP contribution in [0.2, 0.25) is 0 Å². The summed E-state index contributed by atoms with van der Waals surface area (Å²) in [5, 5.41) is 6.42. The highest BCUT2D eigenvalue weighted by molar-refractivity contribution is 5.80. The van der Waals surface area contributed by atoms with E-state index in [-0.39, 0.29) is 5.92 Å². The zero-order chi connectivity index (χ0) is 13.8. The predicted octanol–water partition coefficient (Wildman–Crippen LogP) is 2.40. The Morgan fingerprint density at radius 1 is 1.42 bits per heavy atom. The average Bonchev–Trinajstić information content (AvgIpc) is 3.18. The molecule has 0 heterocycles. The highest BCUT2D eigenvalue weighted by Gasteiger charge is 2.22. The van der Waals surface area contributed by atoms with Crippen molar-refractivity contribution in [2.45, 2.75) is 31.7 Å². The van der Waals surface area contributed by atoms with Gasteiger partial charge in [0.15, 0.2) is 5.96 Å². The monoisotopic (exact) mass is 267 g/mol. The number of guanidine groups is 1. The number of aliphatic imine (C=N–C) groups is 1. The summed E-state index contributed by atoms with van der Waals surface area (Å²) >= 11 is 0. The van der Waals surface area contributed by atoms with Gasteiger partial charge >= 0.3 is 0 Å². The summed E-state index contributed by atoms with van der Waals surface area (Å²) in [6.45, 7) is 2.45. The molecule has 2 N–H and O–H groups in total. The first-order valence-corrected chi connectivity index (χ1v) is 6.52. The van der Waals surface area contributed by atoms with Crippen molar-refractivity contribution >= 4 is 5.96 Å². The van der Waals surface area contributed by atoms with Crippen molar-refractivity contribution in [2.75, 3.05) is 13.6 Å². The number of halogens is 2. The zero-order valence-corrected chi connectivity index (χ0v) is 11.2. The maximum atomic E-state index is 13.6. The van der Waals surface area contributed by atoms with Crippen molar-refractivity contribution in [3.63, 3.8) is 0 Å². The Hall–Kier alpha value is -1.65. The Morgan fingerprint density at radius 2 is 2.16 bits per heavy atom. The quantitative estimate of drug-likeness (QED) is 0.649. The molecular formula is C14H19F2N3. The summed E-state index contributed by atoms with van der Waals surface area (Å²) in [6.07, 6.45) is 2.34. The Kier molecular flexibility index (Phi) is 4.35. The van der Waals surface area contributed by atoms with Gasteiger partial charge in [-0.05, 0) is 24.5 Å². The number of nitrogens with one attached hydrogen (secondary N) is 2. The third kappa shape index (κ3) is 3.91. The van der Waals surface area contributed by atoms with E-state index in [0.717, 1.165) is 12.0 Å². The molecule has 1 unspecified atom stereocenters. The molecule has 19 heavy (non-hydrogen) atoms. The molecule has 1 aromatic rings. The fourth-order valence-corrected chi connectivity index (χ4v) is 1.88. The summed E-state index contributed by atoms with van der Waals surface area (Å²) in [5.74, 6) is -0.373. The number of benzene rings is 1. The largest absolute Gasteiger partial charge is 0.356 e. The molecule has 0 bridgehead atoms. The van der Waals surface area contributed by atoms with Crippen LogP contribution in [0.1, 0.15) is 31.2 Å². The molecule has 3 nitrogen and oxygen atoms in total. The summed E-state index contributed by atoms with van der Waals surface area (Å²) in [4.78, 5) is 4.11. The molecule has 1 aliphatic rings. The van der Waals surface area contributed by atoms with E-state index in [1.54, 1.807) is 7.05 Å². The highest BCUT2D eigenvalue weighted by atomic mass is 19.1. The molecule has 1 atom stereocenters. The van der Waals surface area contributed by atoms with Gasteiger partial charge in [-0.25, -0.2) is 8.78 Å². The molecular weight excluding hydrogens is 248 g/mol. The highest BCUT2D eigenvalue weighted by Crippen LogP contribution is 2.20. The first-order chi connectivity index (χ1) is 9.10. The van der Waals surface area contributed by atoms with E-state index in [1.807, 2.05) is 6.92 Å². The average molecular weight is 267 g/mol. The van der Waals surface area contributed by atoms with E-state index in [4.69, 9.17) is 0 Å². The van der Waals surface area contributed by atoms with E-state index >= 15 is 0 Å². The molecule has 1 fully saturated rings. The third-order valence-electron chi connectivity index (χ3n) is 3.21. The van der Waals surface area contributed by atoms with Crippen molar-refractivity contribution < 1.29 is 8.78 Å². The lowest BCUT2D eigenvalue weighted by Crippen LogP contribution is -2.40. The first-order valence-electron chi connectivity index (χ1n) is 6.52. The number of hydrogen-bond donors (Lipinski definition) is 2. The van der Waals surface area contributed by atoms with Gasteiger partial charge in [0.1, 0.15) is 11.6 Å². The summed E-state index contributed by atoms with van der Waals surface area (Å²) in [6, 6.07) is 4.22. The maximum absolute atomic E-state index is 13.6. The minimum atomic E-state index is -0.549.